The van der Waals surface area contributed by atoms with Crippen LogP contribution >= 0.6 is 23.2 Å². The minimum absolute atomic E-state index is 0.118. The van der Waals surface area contributed by atoms with E-state index in [0.29, 0.717) is 33.8 Å². The number of halogens is 2. The first-order valence-corrected chi connectivity index (χ1v) is 11.3. The largest absolute Gasteiger partial charge is 0.322 e. The Morgan fingerprint density at radius 2 is 1.70 bits per heavy atom. The summed E-state index contributed by atoms with van der Waals surface area (Å²) in [5, 5.41) is 11.2. The molecule has 0 aliphatic rings. The predicted molar refractivity (Wildman–Crippen MR) is 134 cm³/mol. The van der Waals surface area contributed by atoms with Gasteiger partial charge in [0, 0.05) is 23.7 Å². The number of nitrogens with zero attached hydrogens (tertiary/aromatic N) is 3. The zero-order valence-corrected chi connectivity index (χ0v) is 20.5. The van der Waals surface area contributed by atoms with Crippen LogP contribution in [0.1, 0.15) is 33.4 Å². The Hall–Kier alpha value is -3.03. The molecule has 33 heavy (non-hydrogen) atoms. The van der Waals surface area contributed by atoms with E-state index >= 15 is 0 Å². The third-order valence-electron chi connectivity index (χ3n) is 4.92. The van der Waals surface area contributed by atoms with Gasteiger partial charge in [-0.3, -0.25) is 4.79 Å². The molecule has 0 unspecified atom stereocenters. The van der Waals surface area contributed by atoms with Crippen LogP contribution in [0.2, 0.25) is 10.0 Å². The average molecular weight is 488 g/mol. The van der Waals surface area contributed by atoms with E-state index < -0.39 is 0 Å². The van der Waals surface area contributed by atoms with E-state index in [1.54, 1.807) is 35.0 Å². The van der Waals surface area contributed by atoms with Crippen LogP contribution in [0.3, 0.4) is 0 Å². The Bertz CT molecular complexity index is 1140. The molecule has 7 nitrogen and oxygen atoms in total. The lowest BCUT2D eigenvalue weighted by atomic mass is 9.92. The van der Waals surface area contributed by atoms with Crippen molar-refractivity contribution in [2.45, 2.75) is 33.1 Å². The van der Waals surface area contributed by atoms with Crippen LogP contribution in [-0.2, 0) is 10.2 Å². The molecular weight excluding hydrogens is 461 g/mol. The highest BCUT2D eigenvalue weighted by molar-refractivity contribution is 6.42. The molecule has 1 heterocycles. The number of anilines is 2. The minimum atomic E-state index is -0.354. The van der Waals surface area contributed by atoms with E-state index in [1.807, 2.05) is 52.0 Å². The molecule has 0 fully saturated rings. The molecular formula is C24H27Cl2N5O2. The van der Waals surface area contributed by atoms with Gasteiger partial charge in [0.1, 0.15) is 12.4 Å². The second kappa shape index (κ2) is 10.3. The summed E-state index contributed by atoms with van der Waals surface area (Å²) in [6.45, 7) is 8.17. The zero-order valence-electron chi connectivity index (χ0n) is 19.0. The Labute approximate surface area is 203 Å². The topological polar surface area (TPSA) is 79.3 Å². The molecule has 0 atom stereocenters. The number of rotatable bonds is 6. The highest BCUT2D eigenvalue weighted by atomic mass is 35.5. The van der Waals surface area contributed by atoms with Gasteiger partial charge < -0.3 is 15.5 Å². The number of nitrogens with one attached hydrogen (secondary N) is 2. The summed E-state index contributed by atoms with van der Waals surface area (Å²) < 4.78 is 1.61. The van der Waals surface area contributed by atoms with Crippen molar-refractivity contribution in [1.82, 2.24) is 14.7 Å². The van der Waals surface area contributed by atoms with Crippen molar-refractivity contribution in [3.63, 3.8) is 0 Å². The maximum Gasteiger partial charge on any atom is 0.322 e. The molecule has 2 N–H and O–H groups in total. The fourth-order valence-electron chi connectivity index (χ4n) is 3.06. The molecule has 9 heteroatoms. The summed E-state index contributed by atoms with van der Waals surface area (Å²) in [6, 6.07) is 15.7. The maximum absolute atomic E-state index is 12.9. The van der Waals surface area contributed by atoms with Crippen molar-refractivity contribution in [1.29, 1.82) is 0 Å². The van der Waals surface area contributed by atoms with Crippen LogP contribution in [-0.4, -0.2) is 39.7 Å². The quantitative estimate of drug-likeness (QED) is 0.449. The van der Waals surface area contributed by atoms with Crippen LogP contribution in [0.4, 0.5) is 16.3 Å². The Balaban J connectivity index is 1.80. The van der Waals surface area contributed by atoms with Gasteiger partial charge in [-0.1, -0.05) is 62.2 Å². The number of hydrogen-bond acceptors (Lipinski definition) is 3. The lowest BCUT2D eigenvalue weighted by Crippen LogP contribution is -2.40. The van der Waals surface area contributed by atoms with Gasteiger partial charge in [0.05, 0.1) is 21.4 Å². The molecule has 0 spiro atoms. The molecule has 3 aromatic rings. The lowest BCUT2D eigenvalue weighted by molar-refractivity contribution is -0.116. The standard InChI is InChI=1S/C24H27Cl2N5O2/c1-5-30(23(33)27-16-9-7-6-8-10-16)15-22(32)28-21-14-20(24(2,3)4)29-31(21)17-11-12-18(25)19(26)13-17/h6-14H,5,15H2,1-4H3,(H,27,33)(H,28,32). The molecule has 3 rings (SSSR count). The number of carbonyl (C=O) groups is 2. The van der Waals surface area contributed by atoms with Gasteiger partial charge in [-0.2, -0.15) is 5.10 Å². The van der Waals surface area contributed by atoms with E-state index in [0.717, 1.165) is 5.69 Å². The van der Waals surface area contributed by atoms with Gasteiger partial charge in [0.15, 0.2) is 0 Å². The third kappa shape index (κ3) is 6.27. The number of likely N-dealkylation sites (N-methyl/N-ethyl adjacent to an activating group) is 1. The zero-order chi connectivity index (χ0) is 24.2. The van der Waals surface area contributed by atoms with Crippen molar-refractivity contribution in [2.75, 3.05) is 23.7 Å². The second-order valence-corrected chi connectivity index (χ2v) is 9.35. The van der Waals surface area contributed by atoms with Crippen LogP contribution < -0.4 is 10.6 Å². The molecule has 2 aromatic carbocycles. The molecule has 0 aliphatic carbocycles. The first-order valence-electron chi connectivity index (χ1n) is 10.5. The second-order valence-electron chi connectivity index (χ2n) is 8.53. The molecule has 0 saturated heterocycles. The van der Waals surface area contributed by atoms with Gasteiger partial charge in [-0.05, 0) is 37.3 Å². The molecule has 3 amide bonds. The van der Waals surface area contributed by atoms with Crippen LogP contribution in [0.15, 0.2) is 54.6 Å². The summed E-state index contributed by atoms with van der Waals surface area (Å²) in [6.07, 6.45) is 0. The van der Waals surface area contributed by atoms with Crippen LogP contribution in [0, 0.1) is 0 Å². The number of hydrogen-bond donors (Lipinski definition) is 2. The third-order valence-corrected chi connectivity index (χ3v) is 5.66. The predicted octanol–water partition coefficient (Wildman–Crippen LogP) is 5.97. The Morgan fingerprint density at radius 1 is 1.00 bits per heavy atom. The maximum atomic E-state index is 12.9. The molecule has 0 saturated carbocycles. The normalized spacial score (nSPS) is 11.2. The van der Waals surface area contributed by atoms with Gasteiger partial charge in [0.2, 0.25) is 5.91 Å². The van der Waals surface area contributed by atoms with Crippen LogP contribution in [0.25, 0.3) is 5.69 Å². The first kappa shape index (κ1) is 24.6. The van der Waals surface area contributed by atoms with Crippen LogP contribution in [0.5, 0.6) is 0 Å². The van der Waals surface area contributed by atoms with Gasteiger partial charge in [-0.15, -0.1) is 0 Å². The average Bonchev–Trinajstić information content (AvgIpc) is 3.18. The number of aromatic nitrogens is 2. The van der Waals surface area contributed by atoms with Crippen molar-refractivity contribution in [3.05, 3.63) is 70.3 Å². The van der Waals surface area contributed by atoms with E-state index in [4.69, 9.17) is 23.2 Å². The first-order chi connectivity index (χ1) is 15.6. The van der Waals surface area contributed by atoms with Gasteiger partial charge in [0.25, 0.3) is 0 Å². The van der Waals surface area contributed by atoms with E-state index in [1.165, 1.54) is 4.90 Å². The number of benzene rings is 2. The summed E-state index contributed by atoms with van der Waals surface area (Å²) in [7, 11) is 0. The smallest absolute Gasteiger partial charge is 0.315 e. The highest BCUT2D eigenvalue weighted by Gasteiger charge is 2.23. The Kier molecular flexibility index (Phi) is 7.66. The SMILES string of the molecule is CCN(CC(=O)Nc1cc(C(C)(C)C)nn1-c1ccc(Cl)c(Cl)c1)C(=O)Nc1ccccc1. The minimum Gasteiger partial charge on any atom is -0.315 e. The monoisotopic (exact) mass is 487 g/mol. The number of para-hydroxylation sites is 1. The number of urea groups is 1. The van der Waals surface area contributed by atoms with Crippen molar-refractivity contribution >= 4 is 46.6 Å². The number of amides is 3. The summed E-state index contributed by atoms with van der Waals surface area (Å²) in [4.78, 5) is 26.9. The van der Waals surface area contributed by atoms with Crippen molar-refractivity contribution < 1.29 is 9.59 Å². The van der Waals surface area contributed by atoms with E-state index in [-0.39, 0.29) is 23.9 Å². The van der Waals surface area contributed by atoms with E-state index in [2.05, 4.69) is 15.7 Å². The molecule has 0 aliphatic heterocycles. The Morgan fingerprint density at radius 3 is 2.30 bits per heavy atom. The summed E-state index contributed by atoms with van der Waals surface area (Å²) in [5.41, 5.74) is 1.86. The molecule has 1 aromatic heterocycles. The molecule has 0 radical (unpaired) electrons. The number of carbonyl (C=O) groups excluding carboxylic acids is 2. The van der Waals surface area contributed by atoms with Gasteiger partial charge in [-0.25, -0.2) is 9.48 Å². The van der Waals surface area contributed by atoms with Crippen molar-refractivity contribution in [2.24, 2.45) is 0 Å². The fraction of sp³-hybridized carbons (Fsp3) is 0.292. The van der Waals surface area contributed by atoms with Crippen molar-refractivity contribution in [3.8, 4) is 5.69 Å². The summed E-state index contributed by atoms with van der Waals surface area (Å²) in [5.74, 6) is 0.129. The highest BCUT2D eigenvalue weighted by Crippen LogP contribution is 2.29. The fourth-order valence-corrected chi connectivity index (χ4v) is 3.35. The van der Waals surface area contributed by atoms with E-state index in [9.17, 15) is 9.59 Å². The lowest BCUT2D eigenvalue weighted by Gasteiger charge is -2.21. The van der Waals surface area contributed by atoms with Gasteiger partial charge >= 0.3 is 6.03 Å². The molecule has 0 bridgehead atoms. The summed E-state index contributed by atoms with van der Waals surface area (Å²) >= 11 is 12.3. The molecule has 174 valence electrons.